The molecule has 0 unspecified atom stereocenters. The van der Waals surface area contributed by atoms with Gasteiger partial charge in [-0.1, -0.05) is 6.07 Å². The van der Waals surface area contributed by atoms with E-state index in [1.807, 2.05) is 0 Å². The Morgan fingerprint density at radius 1 is 1.57 bits per heavy atom. The van der Waals surface area contributed by atoms with Crippen LogP contribution in [0.4, 0.5) is 5.69 Å². The van der Waals surface area contributed by atoms with Crippen molar-refractivity contribution in [2.45, 2.75) is 0 Å². The van der Waals surface area contributed by atoms with Gasteiger partial charge < -0.3 is 15.2 Å². The van der Waals surface area contributed by atoms with Crippen LogP contribution in [0.25, 0.3) is 0 Å². The Morgan fingerprint density at radius 3 is 2.86 bits per heavy atom. The molecular weight excluding hydrogens is 186 g/mol. The van der Waals surface area contributed by atoms with Crippen LogP contribution in [0.2, 0.25) is 0 Å². The van der Waals surface area contributed by atoms with Crippen LogP contribution in [0, 0.1) is 0 Å². The van der Waals surface area contributed by atoms with Crippen LogP contribution in [-0.4, -0.2) is 24.6 Å². The molecule has 0 fully saturated rings. The fraction of sp³-hybridized carbons (Fsp3) is 0.111. The van der Waals surface area contributed by atoms with Gasteiger partial charge in [0, 0.05) is 0 Å². The van der Waals surface area contributed by atoms with E-state index in [0.717, 1.165) is 0 Å². The Hall–Kier alpha value is -2.04. The van der Waals surface area contributed by atoms with E-state index in [1.54, 1.807) is 0 Å². The topological polar surface area (TPSA) is 75.6 Å². The predicted molar refractivity (Wildman–Crippen MR) is 49.1 cm³/mol. The number of carbonyl (C=O) groups excluding carboxylic acids is 2. The van der Waals surface area contributed by atoms with Gasteiger partial charge in [-0.15, -0.1) is 0 Å². The van der Waals surface area contributed by atoms with Gasteiger partial charge in [-0.25, -0.2) is 4.79 Å². The molecule has 0 radical (unpaired) electrons. The normalized spacial score (nSPS) is 9.21. The molecule has 0 spiro atoms. The van der Waals surface area contributed by atoms with Crippen LogP contribution in [-0.2, 0) is 9.53 Å². The number of phenols is 1. The van der Waals surface area contributed by atoms with Gasteiger partial charge in [-0.3, -0.25) is 4.79 Å². The molecule has 14 heavy (non-hydrogen) atoms. The first kappa shape index (κ1) is 10.0. The second-order valence-electron chi connectivity index (χ2n) is 2.46. The van der Waals surface area contributed by atoms with E-state index in [9.17, 15) is 14.7 Å². The van der Waals surface area contributed by atoms with Gasteiger partial charge >= 0.3 is 5.97 Å². The maximum atomic E-state index is 11.1. The SMILES string of the molecule is COC(=O)c1cccc(NC=O)c1O. The average Bonchev–Trinajstić information content (AvgIpc) is 2.20. The summed E-state index contributed by atoms with van der Waals surface area (Å²) in [5.74, 6) is -0.955. The number of phenolic OH excluding ortho intramolecular Hbond substituents is 1. The lowest BCUT2D eigenvalue weighted by molar-refractivity contribution is -0.105. The van der Waals surface area contributed by atoms with Crippen LogP contribution < -0.4 is 5.32 Å². The molecule has 0 saturated carbocycles. The molecule has 1 aromatic rings. The molecular formula is C9H9NO4. The molecule has 1 amide bonds. The average molecular weight is 195 g/mol. The summed E-state index contributed by atoms with van der Waals surface area (Å²) in [6, 6.07) is 4.39. The Morgan fingerprint density at radius 2 is 2.29 bits per heavy atom. The number of esters is 1. The molecule has 0 saturated heterocycles. The van der Waals surface area contributed by atoms with E-state index < -0.39 is 5.97 Å². The minimum Gasteiger partial charge on any atom is -0.505 e. The number of amides is 1. The van der Waals surface area contributed by atoms with Crippen LogP contribution in [0.1, 0.15) is 10.4 Å². The van der Waals surface area contributed by atoms with Crippen molar-refractivity contribution in [3.63, 3.8) is 0 Å². The van der Waals surface area contributed by atoms with Crippen molar-refractivity contribution in [3.05, 3.63) is 23.8 Å². The van der Waals surface area contributed by atoms with Gasteiger partial charge in [-0.05, 0) is 12.1 Å². The maximum absolute atomic E-state index is 11.1. The maximum Gasteiger partial charge on any atom is 0.341 e. The van der Waals surface area contributed by atoms with Gasteiger partial charge in [0.15, 0.2) is 5.75 Å². The second kappa shape index (κ2) is 4.27. The first-order valence-corrected chi connectivity index (χ1v) is 3.81. The monoisotopic (exact) mass is 195 g/mol. The molecule has 0 aliphatic rings. The molecule has 0 aromatic heterocycles. The number of benzene rings is 1. The minimum atomic E-state index is -0.656. The van der Waals surface area contributed by atoms with Gasteiger partial charge in [0.05, 0.1) is 12.8 Å². The fourth-order valence-electron chi connectivity index (χ4n) is 0.998. The number of ether oxygens (including phenoxy) is 1. The number of anilines is 1. The second-order valence-corrected chi connectivity index (χ2v) is 2.46. The molecule has 1 rings (SSSR count). The summed E-state index contributed by atoms with van der Waals surface area (Å²) >= 11 is 0. The highest BCUT2D eigenvalue weighted by Crippen LogP contribution is 2.27. The van der Waals surface area contributed by atoms with Crippen LogP contribution >= 0.6 is 0 Å². The van der Waals surface area contributed by atoms with Crippen LogP contribution in [0.15, 0.2) is 18.2 Å². The number of rotatable bonds is 3. The van der Waals surface area contributed by atoms with Gasteiger partial charge in [0.1, 0.15) is 5.56 Å². The van der Waals surface area contributed by atoms with Crippen molar-refractivity contribution in [2.24, 2.45) is 0 Å². The van der Waals surface area contributed by atoms with Gasteiger partial charge in [0.2, 0.25) is 6.41 Å². The molecule has 0 heterocycles. The highest BCUT2D eigenvalue weighted by atomic mass is 16.5. The van der Waals surface area contributed by atoms with Crippen LogP contribution in [0.3, 0.4) is 0 Å². The number of hydrogen-bond acceptors (Lipinski definition) is 4. The Bertz CT molecular complexity index is 362. The third kappa shape index (κ3) is 1.82. The molecule has 0 aliphatic heterocycles. The first-order chi connectivity index (χ1) is 6.70. The zero-order valence-corrected chi connectivity index (χ0v) is 7.48. The lowest BCUT2D eigenvalue weighted by atomic mass is 10.2. The highest BCUT2D eigenvalue weighted by molar-refractivity contribution is 5.95. The summed E-state index contributed by atoms with van der Waals surface area (Å²) in [6.07, 6.45) is 0.413. The zero-order valence-electron chi connectivity index (χ0n) is 7.48. The van der Waals surface area contributed by atoms with Gasteiger partial charge in [0.25, 0.3) is 0 Å². The van der Waals surface area contributed by atoms with E-state index in [2.05, 4.69) is 10.1 Å². The summed E-state index contributed by atoms with van der Waals surface area (Å²) in [7, 11) is 1.21. The quantitative estimate of drug-likeness (QED) is 0.424. The summed E-state index contributed by atoms with van der Waals surface area (Å²) < 4.78 is 4.44. The highest BCUT2D eigenvalue weighted by Gasteiger charge is 2.13. The van der Waals surface area contributed by atoms with E-state index in [-0.39, 0.29) is 17.0 Å². The molecule has 5 heteroatoms. The summed E-state index contributed by atoms with van der Waals surface area (Å²) in [4.78, 5) is 21.2. The van der Waals surface area contributed by atoms with E-state index in [4.69, 9.17) is 0 Å². The number of aromatic hydroxyl groups is 1. The van der Waals surface area contributed by atoms with Crippen molar-refractivity contribution in [3.8, 4) is 5.75 Å². The van der Waals surface area contributed by atoms with Crippen molar-refractivity contribution < 1.29 is 19.4 Å². The summed E-state index contributed by atoms with van der Waals surface area (Å²) in [6.45, 7) is 0. The number of carbonyl (C=O) groups is 2. The van der Waals surface area contributed by atoms with E-state index >= 15 is 0 Å². The Labute approximate surface area is 80.3 Å². The van der Waals surface area contributed by atoms with Crippen molar-refractivity contribution in [1.82, 2.24) is 0 Å². The zero-order chi connectivity index (χ0) is 10.6. The first-order valence-electron chi connectivity index (χ1n) is 3.81. The molecule has 1 aromatic carbocycles. The number of hydrogen-bond donors (Lipinski definition) is 2. The fourth-order valence-corrected chi connectivity index (χ4v) is 0.998. The summed E-state index contributed by atoms with van der Waals surface area (Å²) in [5.41, 5.74) is 0.183. The van der Waals surface area contributed by atoms with Crippen molar-refractivity contribution in [2.75, 3.05) is 12.4 Å². The van der Waals surface area contributed by atoms with E-state index in [0.29, 0.717) is 6.41 Å². The molecule has 0 bridgehead atoms. The molecule has 5 nitrogen and oxygen atoms in total. The lowest BCUT2D eigenvalue weighted by Crippen LogP contribution is -2.03. The summed E-state index contributed by atoms with van der Waals surface area (Å²) in [5, 5.41) is 11.8. The predicted octanol–water partition coefficient (Wildman–Crippen LogP) is 0.747. The van der Waals surface area contributed by atoms with Crippen LogP contribution in [0.5, 0.6) is 5.75 Å². The van der Waals surface area contributed by atoms with Crippen molar-refractivity contribution in [1.29, 1.82) is 0 Å². The standard InChI is InChI=1S/C9H9NO4/c1-14-9(13)6-3-2-4-7(8(6)12)10-5-11/h2-5,12H,1H3,(H,10,11). The Kier molecular flexibility index (Phi) is 3.06. The third-order valence-electron chi connectivity index (χ3n) is 1.66. The largest absolute Gasteiger partial charge is 0.505 e. The molecule has 0 aliphatic carbocycles. The number of methoxy groups -OCH3 is 1. The third-order valence-corrected chi connectivity index (χ3v) is 1.66. The lowest BCUT2D eigenvalue weighted by Gasteiger charge is -2.06. The molecule has 74 valence electrons. The van der Waals surface area contributed by atoms with E-state index in [1.165, 1.54) is 25.3 Å². The smallest absolute Gasteiger partial charge is 0.341 e. The molecule has 2 N–H and O–H groups in total. The number of para-hydroxylation sites is 1. The number of nitrogens with one attached hydrogen (secondary N) is 1. The van der Waals surface area contributed by atoms with Gasteiger partial charge in [-0.2, -0.15) is 0 Å². The minimum absolute atomic E-state index is 0.0133. The molecule has 0 atom stereocenters. The van der Waals surface area contributed by atoms with Crippen molar-refractivity contribution >= 4 is 18.1 Å². The Balaban J connectivity index is 3.13.